The van der Waals surface area contributed by atoms with Crippen LogP contribution in [0.5, 0.6) is 0 Å². The number of piperidine rings is 1. The van der Waals surface area contributed by atoms with Crippen molar-refractivity contribution < 1.29 is 18.3 Å². The molecule has 0 aliphatic carbocycles. The molecule has 0 radical (unpaired) electrons. The number of carboxylic acid groups (broad SMARTS) is 1. The second-order valence-corrected chi connectivity index (χ2v) is 5.80. The van der Waals surface area contributed by atoms with E-state index in [9.17, 15) is 13.2 Å². The van der Waals surface area contributed by atoms with Crippen LogP contribution < -0.4 is 4.72 Å². The highest BCUT2D eigenvalue weighted by atomic mass is 32.2. The zero-order valence-electron chi connectivity index (χ0n) is 10.1. The molecule has 2 rings (SSSR count). The lowest BCUT2D eigenvalue weighted by molar-refractivity contribution is 0.0691. The molecule has 1 saturated heterocycles. The van der Waals surface area contributed by atoms with Crippen molar-refractivity contribution in [3.63, 3.8) is 0 Å². The second-order valence-electron chi connectivity index (χ2n) is 4.13. The van der Waals surface area contributed by atoms with E-state index in [-0.39, 0.29) is 5.82 Å². The van der Waals surface area contributed by atoms with Gasteiger partial charge in [-0.1, -0.05) is 6.42 Å². The summed E-state index contributed by atoms with van der Waals surface area (Å²) in [4.78, 5) is 18.3. The van der Waals surface area contributed by atoms with Crippen LogP contribution in [0.1, 0.15) is 29.8 Å². The standard InChI is InChI=1S/C10H14N4O4S/c15-10(16)8-9(12-5-4-11-8)13-19(17,18)14-6-2-1-3-7-14/h4-5H,1-3,6-7H2,(H,12,13)(H,15,16). The zero-order valence-corrected chi connectivity index (χ0v) is 10.9. The number of nitrogens with one attached hydrogen (secondary N) is 1. The van der Waals surface area contributed by atoms with E-state index in [1.807, 2.05) is 0 Å². The fourth-order valence-electron chi connectivity index (χ4n) is 1.86. The van der Waals surface area contributed by atoms with Gasteiger partial charge in [-0.2, -0.15) is 12.7 Å². The van der Waals surface area contributed by atoms with Gasteiger partial charge < -0.3 is 5.11 Å². The predicted octanol–water partition coefficient (Wildman–Crippen LogP) is 0.317. The number of carboxylic acids is 1. The highest BCUT2D eigenvalue weighted by Crippen LogP contribution is 2.16. The molecule has 19 heavy (non-hydrogen) atoms. The van der Waals surface area contributed by atoms with E-state index in [1.54, 1.807) is 0 Å². The first-order valence-electron chi connectivity index (χ1n) is 5.83. The first-order valence-corrected chi connectivity index (χ1v) is 7.27. The molecule has 0 bridgehead atoms. The number of aromatic nitrogens is 2. The third-order valence-corrected chi connectivity index (χ3v) is 4.28. The Morgan fingerprint density at radius 2 is 1.84 bits per heavy atom. The fourth-order valence-corrected chi connectivity index (χ4v) is 3.12. The summed E-state index contributed by atoms with van der Waals surface area (Å²) in [5, 5.41) is 8.92. The molecule has 8 nitrogen and oxygen atoms in total. The van der Waals surface area contributed by atoms with Crippen LogP contribution in [0.25, 0.3) is 0 Å². The lowest BCUT2D eigenvalue weighted by Gasteiger charge is -2.25. The lowest BCUT2D eigenvalue weighted by atomic mass is 10.2. The van der Waals surface area contributed by atoms with Crippen LogP contribution in [-0.4, -0.2) is 46.9 Å². The van der Waals surface area contributed by atoms with Gasteiger partial charge in [-0.15, -0.1) is 0 Å². The molecule has 0 aromatic carbocycles. The van der Waals surface area contributed by atoms with Crippen molar-refractivity contribution >= 4 is 22.0 Å². The Kier molecular flexibility index (Phi) is 3.96. The van der Waals surface area contributed by atoms with Gasteiger partial charge in [-0.25, -0.2) is 14.8 Å². The molecular weight excluding hydrogens is 272 g/mol. The second kappa shape index (κ2) is 5.49. The summed E-state index contributed by atoms with van der Waals surface area (Å²) in [6.45, 7) is 0.857. The average molecular weight is 286 g/mol. The molecule has 0 atom stereocenters. The van der Waals surface area contributed by atoms with Crippen LogP contribution in [0, 0.1) is 0 Å². The Hall–Kier alpha value is -1.74. The summed E-state index contributed by atoms with van der Waals surface area (Å²) in [5.41, 5.74) is -0.414. The van der Waals surface area contributed by atoms with Crippen molar-refractivity contribution in [2.75, 3.05) is 17.8 Å². The summed E-state index contributed by atoms with van der Waals surface area (Å²) in [6, 6.07) is 0. The van der Waals surface area contributed by atoms with Crippen LogP contribution in [0.15, 0.2) is 12.4 Å². The Bertz CT molecular complexity index is 569. The molecule has 1 aliphatic heterocycles. The molecular formula is C10H14N4O4S. The van der Waals surface area contributed by atoms with Gasteiger partial charge >= 0.3 is 16.2 Å². The van der Waals surface area contributed by atoms with Crippen molar-refractivity contribution in [1.29, 1.82) is 0 Å². The highest BCUT2D eigenvalue weighted by Gasteiger charge is 2.26. The third-order valence-electron chi connectivity index (χ3n) is 2.78. The van der Waals surface area contributed by atoms with E-state index >= 15 is 0 Å². The minimum atomic E-state index is -3.77. The summed E-state index contributed by atoms with van der Waals surface area (Å²) in [5.74, 6) is -1.59. The molecule has 1 aliphatic rings. The summed E-state index contributed by atoms with van der Waals surface area (Å²) in [6.07, 6.45) is 5.03. The van der Waals surface area contributed by atoms with Gasteiger partial charge in [0.25, 0.3) is 0 Å². The molecule has 104 valence electrons. The number of hydrogen-bond donors (Lipinski definition) is 2. The molecule has 1 aromatic rings. The molecule has 0 amide bonds. The number of aromatic carboxylic acids is 1. The topological polar surface area (TPSA) is 112 Å². The van der Waals surface area contributed by atoms with Crippen molar-refractivity contribution in [2.45, 2.75) is 19.3 Å². The summed E-state index contributed by atoms with van der Waals surface area (Å²) in [7, 11) is -3.77. The quantitative estimate of drug-likeness (QED) is 0.824. The molecule has 2 heterocycles. The van der Waals surface area contributed by atoms with Crippen molar-refractivity contribution in [3.05, 3.63) is 18.1 Å². The van der Waals surface area contributed by atoms with E-state index in [2.05, 4.69) is 14.7 Å². The van der Waals surface area contributed by atoms with Crippen LogP contribution in [-0.2, 0) is 10.2 Å². The van der Waals surface area contributed by atoms with Crippen molar-refractivity contribution in [3.8, 4) is 0 Å². The van der Waals surface area contributed by atoms with E-state index < -0.39 is 21.9 Å². The smallest absolute Gasteiger partial charge is 0.358 e. The zero-order chi connectivity index (χ0) is 13.9. The van der Waals surface area contributed by atoms with Gasteiger partial charge in [0.15, 0.2) is 11.5 Å². The average Bonchev–Trinajstić information content (AvgIpc) is 2.39. The molecule has 2 N–H and O–H groups in total. The minimum Gasteiger partial charge on any atom is -0.476 e. The minimum absolute atomic E-state index is 0.263. The van der Waals surface area contributed by atoms with Gasteiger partial charge in [0.05, 0.1) is 0 Å². The Labute approximate surface area is 110 Å². The lowest BCUT2D eigenvalue weighted by Crippen LogP contribution is -2.39. The Morgan fingerprint density at radius 1 is 1.21 bits per heavy atom. The fraction of sp³-hybridized carbons (Fsp3) is 0.500. The Balaban J connectivity index is 2.22. The normalized spacial score (nSPS) is 17.1. The van der Waals surface area contributed by atoms with E-state index in [0.29, 0.717) is 13.1 Å². The number of anilines is 1. The third kappa shape index (κ3) is 3.18. The molecule has 0 spiro atoms. The predicted molar refractivity (Wildman–Crippen MR) is 67.0 cm³/mol. The van der Waals surface area contributed by atoms with Crippen LogP contribution >= 0.6 is 0 Å². The number of rotatable bonds is 4. The van der Waals surface area contributed by atoms with E-state index in [0.717, 1.165) is 19.3 Å². The number of nitrogens with zero attached hydrogens (tertiary/aromatic N) is 3. The largest absolute Gasteiger partial charge is 0.476 e. The van der Waals surface area contributed by atoms with E-state index in [1.165, 1.54) is 16.7 Å². The van der Waals surface area contributed by atoms with Gasteiger partial charge in [0.1, 0.15) is 0 Å². The first kappa shape index (κ1) is 13.7. The van der Waals surface area contributed by atoms with Crippen LogP contribution in [0.2, 0.25) is 0 Å². The molecule has 1 fully saturated rings. The highest BCUT2D eigenvalue weighted by molar-refractivity contribution is 7.90. The van der Waals surface area contributed by atoms with Crippen LogP contribution in [0.3, 0.4) is 0 Å². The first-order chi connectivity index (χ1) is 9.00. The SMILES string of the molecule is O=C(O)c1nccnc1NS(=O)(=O)N1CCCCC1. The summed E-state index contributed by atoms with van der Waals surface area (Å²) < 4.78 is 27.6. The Morgan fingerprint density at radius 3 is 2.47 bits per heavy atom. The van der Waals surface area contributed by atoms with Gasteiger partial charge in [0, 0.05) is 25.5 Å². The van der Waals surface area contributed by atoms with Crippen molar-refractivity contribution in [1.82, 2.24) is 14.3 Å². The number of carbonyl (C=O) groups is 1. The van der Waals surface area contributed by atoms with Crippen molar-refractivity contribution in [2.24, 2.45) is 0 Å². The van der Waals surface area contributed by atoms with E-state index in [4.69, 9.17) is 5.11 Å². The summed E-state index contributed by atoms with van der Waals surface area (Å²) >= 11 is 0. The van der Waals surface area contributed by atoms with Gasteiger partial charge in [-0.05, 0) is 12.8 Å². The maximum atomic E-state index is 12.1. The van der Waals surface area contributed by atoms with Gasteiger partial charge in [0.2, 0.25) is 0 Å². The van der Waals surface area contributed by atoms with Gasteiger partial charge in [-0.3, -0.25) is 4.72 Å². The molecule has 0 saturated carbocycles. The molecule has 9 heteroatoms. The van der Waals surface area contributed by atoms with Crippen LogP contribution in [0.4, 0.5) is 5.82 Å². The number of hydrogen-bond acceptors (Lipinski definition) is 5. The molecule has 1 aromatic heterocycles. The maximum Gasteiger partial charge on any atom is 0.358 e. The molecule has 0 unspecified atom stereocenters. The maximum absolute atomic E-state index is 12.1. The monoisotopic (exact) mass is 286 g/mol.